The van der Waals surface area contributed by atoms with Gasteiger partial charge in [0.2, 0.25) is 0 Å². The monoisotopic (exact) mass is 343 g/mol. The SMILES string of the molecule is CN(C(=S)S[C@@H]1CCS(=O)(=O)C1)[C@H]1CCS(=O)(=O)C1. The summed E-state index contributed by atoms with van der Waals surface area (Å²) in [6, 6.07) is -0.0667. The Hall–Kier alpha value is 0.140. The van der Waals surface area contributed by atoms with Gasteiger partial charge in [0.25, 0.3) is 0 Å². The molecule has 2 heterocycles. The smallest absolute Gasteiger partial charge is 0.152 e. The molecule has 0 aromatic carbocycles. The van der Waals surface area contributed by atoms with E-state index < -0.39 is 19.7 Å². The van der Waals surface area contributed by atoms with Gasteiger partial charge in [-0.3, -0.25) is 0 Å². The van der Waals surface area contributed by atoms with Crippen LogP contribution in [0.1, 0.15) is 12.8 Å². The molecule has 2 aliphatic rings. The second-order valence-electron chi connectivity index (χ2n) is 5.08. The van der Waals surface area contributed by atoms with E-state index in [2.05, 4.69) is 0 Å². The summed E-state index contributed by atoms with van der Waals surface area (Å²) in [5, 5.41) is 0.0120. The number of thiocarbonyl (C=S) groups is 1. The molecule has 0 radical (unpaired) electrons. The number of sulfone groups is 2. The normalized spacial score (nSPS) is 32.3. The van der Waals surface area contributed by atoms with Gasteiger partial charge < -0.3 is 4.90 Å². The molecule has 2 atom stereocenters. The summed E-state index contributed by atoms with van der Waals surface area (Å²) in [4.78, 5) is 1.81. The number of hydrogen-bond acceptors (Lipinski definition) is 6. The molecule has 0 bridgehead atoms. The van der Waals surface area contributed by atoms with E-state index >= 15 is 0 Å². The average Bonchev–Trinajstić information content (AvgIpc) is 2.80. The van der Waals surface area contributed by atoms with Crippen LogP contribution < -0.4 is 0 Å². The van der Waals surface area contributed by atoms with Crippen LogP contribution in [0.5, 0.6) is 0 Å². The van der Waals surface area contributed by atoms with Crippen LogP contribution in [0.15, 0.2) is 0 Å². The molecule has 0 saturated carbocycles. The third-order valence-electron chi connectivity index (χ3n) is 3.50. The first kappa shape index (κ1) is 15.5. The summed E-state index contributed by atoms with van der Waals surface area (Å²) >= 11 is 6.69. The number of rotatable bonds is 2. The van der Waals surface area contributed by atoms with E-state index in [1.807, 2.05) is 4.90 Å². The zero-order chi connectivity index (χ0) is 14.3. The zero-order valence-electron chi connectivity index (χ0n) is 10.6. The van der Waals surface area contributed by atoms with Gasteiger partial charge in [0.15, 0.2) is 19.7 Å². The van der Waals surface area contributed by atoms with E-state index in [9.17, 15) is 16.8 Å². The van der Waals surface area contributed by atoms with Crippen molar-refractivity contribution in [3.63, 3.8) is 0 Å². The van der Waals surface area contributed by atoms with Crippen molar-refractivity contribution >= 4 is 48.0 Å². The van der Waals surface area contributed by atoms with E-state index in [4.69, 9.17) is 12.2 Å². The maximum Gasteiger partial charge on any atom is 0.152 e. The van der Waals surface area contributed by atoms with Crippen molar-refractivity contribution in [2.75, 3.05) is 30.1 Å². The van der Waals surface area contributed by atoms with Crippen molar-refractivity contribution < 1.29 is 16.8 Å². The lowest BCUT2D eigenvalue weighted by Gasteiger charge is -2.26. The van der Waals surface area contributed by atoms with E-state index in [0.29, 0.717) is 17.2 Å². The second kappa shape index (κ2) is 5.50. The Kier molecular flexibility index (Phi) is 4.49. The highest BCUT2D eigenvalue weighted by Gasteiger charge is 2.34. The predicted octanol–water partition coefficient (Wildman–Crippen LogP) is 0.310. The Morgan fingerprint density at radius 2 is 1.68 bits per heavy atom. The Balaban J connectivity index is 1.90. The molecule has 2 fully saturated rings. The third kappa shape index (κ3) is 4.05. The van der Waals surface area contributed by atoms with Gasteiger partial charge in [-0.15, -0.1) is 0 Å². The lowest BCUT2D eigenvalue weighted by molar-refractivity contribution is 0.409. The van der Waals surface area contributed by atoms with Gasteiger partial charge in [0.1, 0.15) is 4.32 Å². The van der Waals surface area contributed by atoms with E-state index in [0.717, 1.165) is 0 Å². The predicted molar refractivity (Wildman–Crippen MR) is 82.1 cm³/mol. The lowest BCUT2D eigenvalue weighted by atomic mass is 10.2. The first-order chi connectivity index (χ1) is 8.69. The molecule has 19 heavy (non-hydrogen) atoms. The van der Waals surface area contributed by atoms with Gasteiger partial charge in [-0.2, -0.15) is 0 Å². The molecule has 2 rings (SSSR count). The first-order valence-corrected chi connectivity index (χ1v) is 11.0. The minimum absolute atomic E-state index is 0.0120. The molecule has 0 unspecified atom stereocenters. The quantitative estimate of drug-likeness (QED) is 0.668. The van der Waals surface area contributed by atoms with Crippen LogP contribution in [0.25, 0.3) is 0 Å². The summed E-state index contributed by atoms with van der Waals surface area (Å²) in [6.07, 6.45) is 1.23. The molecular formula is C10H17NO4S4. The minimum Gasteiger partial charge on any atom is -0.357 e. The number of nitrogens with zero attached hydrogens (tertiary/aromatic N) is 1. The van der Waals surface area contributed by atoms with Crippen molar-refractivity contribution in [1.29, 1.82) is 0 Å². The van der Waals surface area contributed by atoms with Gasteiger partial charge in [-0.1, -0.05) is 24.0 Å². The molecule has 0 aromatic heterocycles. The van der Waals surface area contributed by atoms with Crippen LogP contribution >= 0.6 is 24.0 Å². The van der Waals surface area contributed by atoms with Crippen LogP contribution in [-0.2, 0) is 19.7 Å². The Bertz CT molecular complexity index is 568. The average molecular weight is 344 g/mol. The lowest BCUT2D eigenvalue weighted by Crippen LogP contribution is -2.36. The highest BCUT2D eigenvalue weighted by atomic mass is 32.2. The molecule has 110 valence electrons. The van der Waals surface area contributed by atoms with Crippen molar-refractivity contribution in [1.82, 2.24) is 4.90 Å². The maximum absolute atomic E-state index is 11.4. The fourth-order valence-corrected chi connectivity index (χ4v) is 8.06. The molecule has 0 amide bonds. The summed E-state index contributed by atoms with van der Waals surface area (Å²) in [5.41, 5.74) is 0. The van der Waals surface area contributed by atoms with E-state index in [1.165, 1.54) is 11.8 Å². The Morgan fingerprint density at radius 1 is 1.11 bits per heavy atom. The third-order valence-corrected chi connectivity index (χ3v) is 9.03. The summed E-state index contributed by atoms with van der Waals surface area (Å²) in [6.45, 7) is 0. The second-order valence-corrected chi connectivity index (χ2v) is 11.5. The fourth-order valence-electron chi connectivity index (χ4n) is 2.31. The van der Waals surface area contributed by atoms with Crippen LogP contribution in [0, 0.1) is 0 Å². The van der Waals surface area contributed by atoms with Gasteiger partial charge in [0.05, 0.1) is 23.0 Å². The minimum atomic E-state index is -2.93. The Labute approximate surface area is 124 Å². The maximum atomic E-state index is 11.4. The van der Waals surface area contributed by atoms with Crippen molar-refractivity contribution in [2.24, 2.45) is 0 Å². The zero-order valence-corrected chi connectivity index (χ0v) is 13.9. The summed E-state index contributed by atoms with van der Waals surface area (Å²) in [5.74, 6) is 0.768. The van der Waals surface area contributed by atoms with Gasteiger partial charge in [-0.25, -0.2) is 16.8 Å². The molecule has 2 saturated heterocycles. The van der Waals surface area contributed by atoms with Crippen molar-refractivity contribution in [2.45, 2.75) is 24.1 Å². The molecular weight excluding hydrogens is 326 g/mol. The van der Waals surface area contributed by atoms with Gasteiger partial charge in [-0.05, 0) is 12.8 Å². The summed E-state index contributed by atoms with van der Waals surface area (Å²) in [7, 11) is -4.03. The van der Waals surface area contributed by atoms with Crippen LogP contribution in [0.2, 0.25) is 0 Å². The molecule has 5 nitrogen and oxygen atoms in total. The summed E-state index contributed by atoms with van der Waals surface area (Å²) < 4.78 is 46.3. The van der Waals surface area contributed by atoms with Gasteiger partial charge in [0, 0.05) is 18.3 Å². The fraction of sp³-hybridized carbons (Fsp3) is 0.900. The number of thioether (sulfide) groups is 1. The van der Waals surface area contributed by atoms with Crippen molar-refractivity contribution in [3.05, 3.63) is 0 Å². The molecule has 0 aliphatic carbocycles. The van der Waals surface area contributed by atoms with E-state index in [1.54, 1.807) is 7.05 Å². The largest absolute Gasteiger partial charge is 0.357 e. The van der Waals surface area contributed by atoms with Crippen LogP contribution in [0.4, 0.5) is 0 Å². The molecule has 0 aromatic rings. The standard InChI is InChI=1S/C10H17NO4S4/c1-11(8-2-4-18(12,13)6-8)10(16)17-9-3-5-19(14,15)7-9/h8-9H,2-7H2,1H3/t8-,9+/m0/s1. The van der Waals surface area contributed by atoms with Crippen molar-refractivity contribution in [3.8, 4) is 0 Å². The molecule has 2 aliphatic heterocycles. The highest BCUT2D eigenvalue weighted by Crippen LogP contribution is 2.28. The first-order valence-electron chi connectivity index (χ1n) is 6.03. The highest BCUT2D eigenvalue weighted by molar-refractivity contribution is 8.23. The van der Waals surface area contributed by atoms with Crippen LogP contribution in [-0.4, -0.2) is 67.4 Å². The Morgan fingerprint density at radius 3 is 2.16 bits per heavy atom. The van der Waals surface area contributed by atoms with Gasteiger partial charge >= 0.3 is 0 Å². The molecule has 0 N–H and O–H groups in total. The topological polar surface area (TPSA) is 71.5 Å². The number of hydrogen-bond donors (Lipinski definition) is 0. The molecule has 9 heteroatoms. The van der Waals surface area contributed by atoms with E-state index in [-0.39, 0.29) is 34.3 Å². The molecule has 0 spiro atoms. The van der Waals surface area contributed by atoms with Crippen LogP contribution in [0.3, 0.4) is 0 Å².